The standard InChI is InChI=1S/C24H34N4O3/c1-19-16-22(20(2)28(19)17-21-8-5-4-6-9-21)24(30)27-13-11-26(12-14-27)18-23(29)25-10-7-15-31-3/h4-6,8-9,16H,7,10-15,17-18H2,1-3H3,(H,25,29). The van der Waals surface area contributed by atoms with Gasteiger partial charge in [0.15, 0.2) is 0 Å². The maximum Gasteiger partial charge on any atom is 0.255 e. The average molecular weight is 427 g/mol. The first-order chi connectivity index (χ1) is 15.0. The molecule has 7 heteroatoms. The summed E-state index contributed by atoms with van der Waals surface area (Å²) in [6.45, 7) is 9.18. The molecule has 0 aliphatic carbocycles. The number of nitrogens with one attached hydrogen (secondary N) is 1. The van der Waals surface area contributed by atoms with Crippen molar-refractivity contribution in [3.63, 3.8) is 0 Å². The average Bonchev–Trinajstić information content (AvgIpc) is 3.06. The van der Waals surface area contributed by atoms with Crippen LogP contribution in [0.15, 0.2) is 36.4 Å². The Bertz CT molecular complexity index is 870. The molecule has 2 amide bonds. The summed E-state index contributed by atoms with van der Waals surface area (Å²) < 4.78 is 7.19. The summed E-state index contributed by atoms with van der Waals surface area (Å²) in [5, 5.41) is 2.92. The Hall–Kier alpha value is -2.64. The fraction of sp³-hybridized carbons (Fsp3) is 0.500. The van der Waals surface area contributed by atoms with Crippen molar-refractivity contribution in [3.8, 4) is 0 Å². The molecule has 0 bridgehead atoms. The maximum atomic E-state index is 13.2. The number of piperazine rings is 1. The summed E-state index contributed by atoms with van der Waals surface area (Å²) in [5.41, 5.74) is 4.09. The molecule has 1 aliphatic heterocycles. The number of rotatable bonds is 9. The lowest BCUT2D eigenvalue weighted by Gasteiger charge is -2.34. The van der Waals surface area contributed by atoms with Gasteiger partial charge in [0.2, 0.25) is 5.91 Å². The molecule has 31 heavy (non-hydrogen) atoms. The topological polar surface area (TPSA) is 66.8 Å². The summed E-state index contributed by atoms with van der Waals surface area (Å²) in [6, 6.07) is 12.3. The predicted molar refractivity (Wildman–Crippen MR) is 121 cm³/mol. The molecule has 2 aromatic rings. The van der Waals surface area contributed by atoms with Crippen molar-refractivity contribution in [2.24, 2.45) is 0 Å². The molecule has 0 radical (unpaired) electrons. The molecule has 1 saturated heterocycles. The number of amides is 2. The number of ether oxygens (including phenoxy) is 1. The molecule has 1 N–H and O–H groups in total. The monoisotopic (exact) mass is 426 g/mol. The second-order valence-corrected chi connectivity index (χ2v) is 8.12. The Balaban J connectivity index is 1.53. The molecule has 1 aliphatic rings. The van der Waals surface area contributed by atoms with Gasteiger partial charge in [-0.15, -0.1) is 0 Å². The van der Waals surface area contributed by atoms with Gasteiger partial charge in [0.25, 0.3) is 5.91 Å². The van der Waals surface area contributed by atoms with Crippen molar-refractivity contribution in [1.82, 2.24) is 19.7 Å². The van der Waals surface area contributed by atoms with Gasteiger partial charge in [-0.3, -0.25) is 14.5 Å². The Morgan fingerprint density at radius 2 is 1.77 bits per heavy atom. The summed E-state index contributed by atoms with van der Waals surface area (Å²) >= 11 is 0. The number of aryl methyl sites for hydroxylation is 1. The van der Waals surface area contributed by atoms with Crippen LogP contribution in [0.2, 0.25) is 0 Å². The van der Waals surface area contributed by atoms with Gasteiger partial charge in [0, 0.05) is 64.4 Å². The maximum absolute atomic E-state index is 13.2. The Morgan fingerprint density at radius 3 is 2.45 bits per heavy atom. The van der Waals surface area contributed by atoms with Crippen LogP contribution in [0.5, 0.6) is 0 Å². The van der Waals surface area contributed by atoms with E-state index < -0.39 is 0 Å². The quantitative estimate of drug-likeness (QED) is 0.624. The van der Waals surface area contributed by atoms with Crippen LogP contribution in [0.25, 0.3) is 0 Å². The zero-order chi connectivity index (χ0) is 22.2. The first-order valence-electron chi connectivity index (χ1n) is 11.0. The van der Waals surface area contributed by atoms with Gasteiger partial charge >= 0.3 is 0 Å². The molecule has 3 rings (SSSR count). The van der Waals surface area contributed by atoms with E-state index in [1.54, 1.807) is 7.11 Å². The number of carbonyl (C=O) groups excluding carboxylic acids is 2. The lowest BCUT2D eigenvalue weighted by atomic mass is 10.2. The second kappa shape index (κ2) is 11.1. The van der Waals surface area contributed by atoms with E-state index >= 15 is 0 Å². The number of methoxy groups -OCH3 is 1. The minimum atomic E-state index is 0.0281. The van der Waals surface area contributed by atoms with Crippen molar-refractivity contribution in [1.29, 1.82) is 0 Å². The van der Waals surface area contributed by atoms with Crippen molar-refractivity contribution >= 4 is 11.8 Å². The molecule has 1 fully saturated rings. The normalized spacial score (nSPS) is 14.6. The van der Waals surface area contributed by atoms with Crippen LogP contribution in [-0.2, 0) is 16.1 Å². The first-order valence-corrected chi connectivity index (χ1v) is 11.0. The highest BCUT2D eigenvalue weighted by Crippen LogP contribution is 2.19. The van der Waals surface area contributed by atoms with Crippen LogP contribution < -0.4 is 5.32 Å². The van der Waals surface area contributed by atoms with E-state index in [1.807, 2.05) is 36.1 Å². The van der Waals surface area contributed by atoms with Crippen molar-refractivity contribution in [2.45, 2.75) is 26.8 Å². The number of carbonyl (C=O) groups is 2. The molecule has 0 saturated carbocycles. The predicted octanol–water partition coefficient (Wildman–Crippen LogP) is 2.06. The largest absolute Gasteiger partial charge is 0.385 e. The van der Waals surface area contributed by atoms with E-state index in [0.29, 0.717) is 45.9 Å². The highest BCUT2D eigenvalue weighted by Gasteiger charge is 2.26. The molecule has 2 heterocycles. The molecular formula is C24H34N4O3. The number of aromatic nitrogens is 1. The molecule has 7 nitrogen and oxygen atoms in total. The number of nitrogens with zero attached hydrogens (tertiary/aromatic N) is 3. The van der Waals surface area contributed by atoms with Crippen LogP contribution in [0.4, 0.5) is 0 Å². The van der Waals surface area contributed by atoms with Crippen LogP contribution in [0, 0.1) is 13.8 Å². The Kier molecular flexibility index (Phi) is 8.26. The van der Waals surface area contributed by atoms with Gasteiger partial charge in [0.1, 0.15) is 0 Å². The zero-order valence-corrected chi connectivity index (χ0v) is 18.9. The minimum Gasteiger partial charge on any atom is -0.385 e. The van der Waals surface area contributed by atoms with E-state index in [-0.39, 0.29) is 11.8 Å². The van der Waals surface area contributed by atoms with Gasteiger partial charge in [-0.1, -0.05) is 30.3 Å². The summed E-state index contributed by atoms with van der Waals surface area (Å²) in [7, 11) is 1.66. The van der Waals surface area contributed by atoms with Crippen molar-refractivity contribution < 1.29 is 14.3 Å². The highest BCUT2D eigenvalue weighted by molar-refractivity contribution is 5.95. The third-order valence-corrected chi connectivity index (χ3v) is 5.86. The lowest BCUT2D eigenvalue weighted by Crippen LogP contribution is -2.51. The number of hydrogen-bond acceptors (Lipinski definition) is 4. The van der Waals surface area contributed by atoms with Crippen LogP contribution in [-0.4, -0.2) is 79.2 Å². The number of benzene rings is 1. The van der Waals surface area contributed by atoms with Gasteiger partial charge < -0.3 is 19.5 Å². The third-order valence-electron chi connectivity index (χ3n) is 5.86. The molecule has 0 atom stereocenters. The van der Waals surface area contributed by atoms with Crippen LogP contribution in [0.3, 0.4) is 0 Å². The van der Waals surface area contributed by atoms with E-state index in [2.05, 4.69) is 33.8 Å². The van der Waals surface area contributed by atoms with Gasteiger partial charge in [-0.05, 0) is 31.9 Å². The molecular weight excluding hydrogens is 392 g/mol. The van der Waals surface area contributed by atoms with Gasteiger partial charge in [-0.25, -0.2) is 0 Å². The number of hydrogen-bond donors (Lipinski definition) is 1. The Morgan fingerprint density at radius 1 is 1.06 bits per heavy atom. The van der Waals surface area contributed by atoms with Crippen molar-refractivity contribution in [2.75, 3.05) is 53.0 Å². The first kappa shape index (κ1) is 23.0. The third kappa shape index (κ3) is 6.18. The lowest BCUT2D eigenvalue weighted by molar-refractivity contribution is -0.122. The fourth-order valence-corrected chi connectivity index (χ4v) is 4.01. The smallest absolute Gasteiger partial charge is 0.255 e. The summed E-state index contributed by atoms with van der Waals surface area (Å²) in [5.74, 6) is 0.108. The van der Waals surface area contributed by atoms with Crippen molar-refractivity contribution in [3.05, 3.63) is 58.9 Å². The molecule has 0 spiro atoms. The Labute approximate surface area is 185 Å². The van der Waals surface area contributed by atoms with E-state index in [9.17, 15) is 9.59 Å². The minimum absolute atomic E-state index is 0.0281. The van der Waals surface area contributed by atoms with E-state index in [4.69, 9.17) is 4.74 Å². The highest BCUT2D eigenvalue weighted by atomic mass is 16.5. The fourth-order valence-electron chi connectivity index (χ4n) is 4.01. The zero-order valence-electron chi connectivity index (χ0n) is 18.9. The van der Waals surface area contributed by atoms with Gasteiger partial charge in [-0.2, -0.15) is 0 Å². The van der Waals surface area contributed by atoms with Crippen LogP contribution in [0.1, 0.15) is 33.7 Å². The molecule has 0 unspecified atom stereocenters. The summed E-state index contributed by atoms with van der Waals surface area (Å²) in [4.78, 5) is 29.3. The summed E-state index contributed by atoms with van der Waals surface area (Å²) in [6.07, 6.45) is 0.813. The van der Waals surface area contributed by atoms with Gasteiger partial charge in [0.05, 0.1) is 12.1 Å². The van der Waals surface area contributed by atoms with E-state index in [0.717, 1.165) is 29.9 Å². The van der Waals surface area contributed by atoms with Crippen LogP contribution >= 0.6 is 0 Å². The molecule has 168 valence electrons. The molecule has 1 aromatic heterocycles. The second-order valence-electron chi connectivity index (χ2n) is 8.12. The SMILES string of the molecule is COCCCNC(=O)CN1CCN(C(=O)c2cc(C)n(Cc3ccccc3)c2C)CC1. The molecule has 1 aromatic carbocycles. The van der Waals surface area contributed by atoms with E-state index in [1.165, 1.54) is 5.56 Å².